The molecule has 4 nitrogen and oxygen atoms in total. The monoisotopic (exact) mass is 372 g/mol. The van der Waals surface area contributed by atoms with Crippen LogP contribution in [-0.2, 0) is 4.79 Å². The Morgan fingerprint density at radius 3 is 1.38 bits per heavy atom. The zero-order valence-corrected chi connectivity index (χ0v) is 18.5. The molecule has 26 heavy (non-hydrogen) atoms. The lowest BCUT2D eigenvalue weighted by Crippen LogP contribution is -2.48. The standard InChI is InChI=1S/C14H30.C8H18N2O2/c1-3-5-7-9-11-13-14-12-10-8-6-4-2;1-8(7(11)12,10(2)3)5-4-6-9/h3-14H2,1-2H3;4-6,9H2,1-3H3,(H,11,12). The third-order valence-corrected chi connectivity index (χ3v) is 5.27. The van der Waals surface area contributed by atoms with Crippen LogP contribution in [0.1, 0.15) is 111 Å². The molecule has 0 aliphatic carbocycles. The molecule has 0 fully saturated rings. The van der Waals surface area contributed by atoms with Gasteiger partial charge in [0.2, 0.25) is 0 Å². The number of unbranched alkanes of at least 4 members (excludes halogenated alkanes) is 11. The van der Waals surface area contributed by atoms with E-state index in [-0.39, 0.29) is 0 Å². The molecule has 0 aromatic carbocycles. The van der Waals surface area contributed by atoms with Crippen LogP contribution in [0, 0.1) is 0 Å². The Morgan fingerprint density at radius 2 is 1.15 bits per heavy atom. The third-order valence-electron chi connectivity index (χ3n) is 5.27. The largest absolute Gasteiger partial charge is 0.480 e. The van der Waals surface area contributed by atoms with Gasteiger partial charge in [0.15, 0.2) is 0 Å². The predicted molar refractivity (Wildman–Crippen MR) is 115 cm³/mol. The van der Waals surface area contributed by atoms with Gasteiger partial charge in [0, 0.05) is 0 Å². The molecule has 0 radical (unpaired) electrons. The van der Waals surface area contributed by atoms with Gasteiger partial charge in [-0.2, -0.15) is 0 Å². The number of carboxylic acids is 1. The van der Waals surface area contributed by atoms with Crippen LogP contribution in [0.3, 0.4) is 0 Å². The maximum Gasteiger partial charge on any atom is 0.323 e. The molecule has 3 N–H and O–H groups in total. The molecule has 0 saturated carbocycles. The normalized spacial score (nSPS) is 13.2. The summed E-state index contributed by atoms with van der Waals surface area (Å²) in [5.41, 5.74) is 4.55. The molecule has 0 aliphatic heterocycles. The van der Waals surface area contributed by atoms with E-state index in [0.29, 0.717) is 13.0 Å². The van der Waals surface area contributed by atoms with E-state index in [1.54, 1.807) is 25.9 Å². The molecule has 0 saturated heterocycles. The Bertz CT molecular complexity index is 297. The van der Waals surface area contributed by atoms with E-state index in [9.17, 15) is 4.79 Å². The van der Waals surface area contributed by atoms with Gasteiger partial charge in [0.05, 0.1) is 0 Å². The highest BCUT2D eigenvalue weighted by Crippen LogP contribution is 2.18. The number of carbonyl (C=O) groups is 1. The first-order valence-corrected chi connectivity index (χ1v) is 11.0. The van der Waals surface area contributed by atoms with Crippen LogP contribution in [0.25, 0.3) is 0 Å². The summed E-state index contributed by atoms with van der Waals surface area (Å²) < 4.78 is 0. The molecular formula is C22H48N2O2. The van der Waals surface area contributed by atoms with Gasteiger partial charge >= 0.3 is 5.97 Å². The molecule has 0 rings (SSSR count). The fraction of sp³-hybridized carbons (Fsp3) is 0.955. The predicted octanol–water partition coefficient (Wildman–Crippen LogP) is 5.84. The highest BCUT2D eigenvalue weighted by molar-refractivity contribution is 5.78. The SMILES string of the molecule is CCCCCCCCCCCCCC.CN(C)C(C)(CCCN)C(=O)O. The van der Waals surface area contributed by atoms with Crippen LogP contribution >= 0.6 is 0 Å². The van der Waals surface area contributed by atoms with E-state index < -0.39 is 11.5 Å². The number of likely N-dealkylation sites (N-methyl/N-ethyl adjacent to an activating group) is 1. The molecule has 4 heteroatoms. The van der Waals surface area contributed by atoms with Gasteiger partial charge in [0.1, 0.15) is 5.54 Å². The number of nitrogens with zero attached hydrogens (tertiary/aromatic N) is 1. The minimum Gasteiger partial charge on any atom is -0.480 e. The molecule has 0 aromatic heterocycles. The first-order valence-electron chi connectivity index (χ1n) is 11.0. The maximum atomic E-state index is 10.9. The third kappa shape index (κ3) is 15.6. The van der Waals surface area contributed by atoms with Crippen LogP contribution < -0.4 is 5.73 Å². The molecule has 1 atom stereocenters. The lowest BCUT2D eigenvalue weighted by molar-refractivity contribution is -0.149. The van der Waals surface area contributed by atoms with Crippen LogP contribution in [0.5, 0.6) is 0 Å². The van der Waals surface area contributed by atoms with Gasteiger partial charge in [-0.1, -0.05) is 90.9 Å². The quantitative estimate of drug-likeness (QED) is 0.334. The van der Waals surface area contributed by atoms with Gasteiger partial charge in [-0.05, 0) is 40.4 Å². The van der Waals surface area contributed by atoms with Gasteiger partial charge < -0.3 is 10.8 Å². The van der Waals surface area contributed by atoms with Crippen LogP contribution in [0.15, 0.2) is 0 Å². The van der Waals surface area contributed by atoms with Crippen molar-refractivity contribution in [2.45, 2.75) is 116 Å². The zero-order valence-electron chi connectivity index (χ0n) is 18.5. The lowest BCUT2D eigenvalue weighted by Gasteiger charge is -2.31. The Labute approximate surface area is 163 Å². The van der Waals surface area contributed by atoms with Gasteiger partial charge in [-0.25, -0.2) is 0 Å². The Morgan fingerprint density at radius 1 is 0.808 bits per heavy atom. The summed E-state index contributed by atoms with van der Waals surface area (Å²) >= 11 is 0. The van der Waals surface area contributed by atoms with Crippen molar-refractivity contribution in [1.29, 1.82) is 0 Å². The van der Waals surface area contributed by atoms with Crippen LogP contribution in [0.4, 0.5) is 0 Å². The molecule has 158 valence electrons. The fourth-order valence-corrected chi connectivity index (χ4v) is 2.88. The van der Waals surface area contributed by atoms with Crippen LogP contribution in [0.2, 0.25) is 0 Å². The molecule has 0 bridgehead atoms. The number of rotatable bonds is 16. The van der Waals surface area contributed by atoms with Crippen molar-refractivity contribution >= 4 is 5.97 Å². The summed E-state index contributed by atoms with van der Waals surface area (Å²) in [5.74, 6) is -0.791. The van der Waals surface area contributed by atoms with E-state index in [0.717, 1.165) is 6.42 Å². The Kier molecular flexibility index (Phi) is 20.3. The average Bonchev–Trinajstić information content (AvgIpc) is 2.61. The van der Waals surface area contributed by atoms with Gasteiger partial charge in [-0.15, -0.1) is 0 Å². The van der Waals surface area contributed by atoms with E-state index in [1.807, 2.05) is 0 Å². The number of hydrogen-bond acceptors (Lipinski definition) is 3. The highest BCUT2D eigenvalue weighted by atomic mass is 16.4. The first kappa shape index (κ1) is 27.6. The van der Waals surface area contributed by atoms with Crippen molar-refractivity contribution < 1.29 is 9.90 Å². The molecule has 0 aliphatic rings. The minimum atomic E-state index is -0.791. The molecule has 1 unspecified atom stereocenters. The highest BCUT2D eigenvalue weighted by Gasteiger charge is 2.34. The number of aliphatic carboxylic acids is 1. The second-order valence-corrected chi connectivity index (χ2v) is 7.90. The first-order chi connectivity index (χ1) is 12.4. The van der Waals surface area contributed by atoms with Crippen molar-refractivity contribution in [2.75, 3.05) is 20.6 Å². The van der Waals surface area contributed by atoms with Crippen molar-refractivity contribution in [3.05, 3.63) is 0 Å². The van der Waals surface area contributed by atoms with Crippen molar-refractivity contribution in [2.24, 2.45) is 5.73 Å². The van der Waals surface area contributed by atoms with Crippen LogP contribution in [-0.4, -0.2) is 42.2 Å². The number of carboxylic acid groups (broad SMARTS) is 1. The number of nitrogens with two attached hydrogens (primary N) is 1. The number of hydrogen-bond donors (Lipinski definition) is 2. The zero-order chi connectivity index (χ0) is 20.3. The van der Waals surface area contributed by atoms with E-state index in [4.69, 9.17) is 10.8 Å². The lowest BCUT2D eigenvalue weighted by atomic mass is 9.95. The molecule has 0 spiro atoms. The molecule has 0 amide bonds. The van der Waals surface area contributed by atoms with Crippen molar-refractivity contribution in [3.63, 3.8) is 0 Å². The van der Waals surface area contributed by atoms with E-state index in [1.165, 1.54) is 77.0 Å². The molecule has 0 aromatic rings. The molecular weight excluding hydrogens is 324 g/mol. The summed E-state index contributed by atoms with van der Waals surface area (Å²) in [6.07, 6.45) is 18.8. The smallest absolute Gasteiger partial charge is 0.323 e. The summed E-state index contributed by atoms with van der Waals surface area (Å²) in [7, 11) is 3.54. The van der Waals surface area contributed by atoms with Gasteiger partial charge in [0.25, 0.3) is 0 Å². The second-order valence-electron chi connectivity index (χ2n) is 7.90. The summed E-state index contributed by atoms with van der Waals surface area (Å²) in [6, 6.07) is 0. The van der Waals surface area contributed by atoms with Crippen molar-refractivity contribution in [1.82, 2.24) is 4.90 Å². The van der Waals surface area contributed by atoms with Gasteiger partial charge in [-0.3, -0.25) is 9.69 Å². The van der Waals surface area contributed by atoms with Crippen molar-refractivity contribution in [3.8, 4) is 0 Å². The Hall–Kier alpha value is -0.610. The molecule has 0 heterocycles. The Balaban J connectivity index is 0. The summed E-state index contributed by atoms with van der Waals surface area (Å²) in [6.45, 7) is 6.82. The second kappa shape index (κ2) is 19.2. The maximum absolute atomic E-state index is 10.9. The minimum absolute atomic E-state index is 0.538. The topological polar surface area (TPSA) is 66.6 Å². The summed E-state index contributed by atoms with van der Waals surface area (Å²) in [4.78, 5) is 12.6. The van der Waals surface area contributed by atoms with E-state index in [2.05, 4.69) is 13.8 Å². The van der Waals surface area contributed by atoms with E-state index >= 15 is 0 Å². The average molecular weight is 373 g/mol. The fourth-order valence-electron chi connectivity index (χ4n) is 2.88. The summed E-state index contributed by atoms with van der Waals surface area (Å²) in [5, 5.41) is 8.95.